The van der Waals surface area contributed by atoms with Gasteiger partial charge in [0, 0.05) is 0 Å². The Bertz CT molecular complexity index is 652. The summed E-state index contributed by atoms with van der Waals surface area (Å²) in [7, 11) is 0. The van der Waals surface area contributed by atoms with Gasteiger partial charge in [-0.3, -0.25) is 0 Å². The van der Waals surface area contributed by atoms with E-state index in [2.05, 4.69) is 11.2 Å². The van der Waals surface area contributed by atoms with Gasteiger partial charge in [-0.15, -0.1) is 0 Å². The van der Waals surface area contributed by atoms with Crippen LogP contribution in [0.1, 0.15) is 30.8 Å². The summed E-state index contributed by atoms with van der Waals surface area (Å²) < 4.78 is 1.73. The first-order valence-electron chi connectivity index (χ1n) is 6.19. The minimum Gasteiger partial charge on any atom is -0.396 e. The van der Waals surface area contributed by atoms with Gasteiger partial charge in [-0.2, -0.15) is 10.4 Å². The van der Waals surface area contributed by atoms with Gasteiger partial charge in [0.15, 0.2) is 0 Å². The van der Waals surface area contributed by atoms with Crippen LogP contribution in [0.25, 0.3) is 5.69 Å². The molecule has 0 unspecified atom stereocenters. The van der Waals surface area contributed by atoms with E-state index in [-0.39, 0.29) is 0 Å². The molecule has 0 radical (unpaired) electrons. The van der Waals surface area contributed by atoms with E-state index in [4.69, 9.17) is 17.3 Å². The number of hydrogen-bond donors (Lipinski definition) is 1. The molecular formula is C14H15ClN4. The van der Waals surface area contributed by atoms with Crippen LogP contribution in [0.5, 0.6) is 0 Å². The molecule has 1 aromatic carbocycles. The lowest BCUT2D eigenvalue weighted by atomic mass is 10.1. The van der Waals surface area contributed by atoms with Gasteiger partial charge in [-0.25, -0.2) is 4.68 Å². The molecule has 4 nitrogen and oxygen atoms in total. The standard InChI is InChI=1S/C14H15ClN4/c1-3-11-14(17)12(4-2)19(18-11)13-7-5-6-10(15)9(13)8-16/h5-7H,3-4,17H2,1-2H3. The van der Waals surface area contributed by atoms with Crippen LogP contribution in [0.2, 0.25) is 5.02 Å². The topological polar surface area (TPSA) is 67.6 Å². The Morgan fingerprint density at radius 1 is 1.37 bits per heavy atom. The van der Waals surface area contributed by atoms with Gasteiger partial charge < -0.3 is 5.73 Å². The summed E-state index contributed by atoms with van der Waals surface area (Å²) >= 11 is 6.06. The lowest BCUT2D eigenvalue weighted by Gasteiger charge is -2.09. The molecule has 0 aliphatic heterocycles. The second kappa shape index (κ2) is 5.33. The number of aryl methyl sites for hydroxylation is 1. The molecule has 0 amide bonds. The minimum absolute atomic E-state index is 0.420. The van der Waals surface area contributed by atoms with E-state index in [1.165, 1.54) is 0 Å². The van der Waals surface area contributed by atoms with Gasteiger partial charge in [0.25, 0.3) is 0 Å². The Balaban J connectivity index is 2.73. The zero-order valence-corrected chi connectivity index (χ0v) is 11.7. The van der Waals surface area contributed by atoms with Gasteiger partial charge >= 0.3 is 0 Å². The molecule has 19 heavy (non-hydrogen) atoms. The smallest absolute Gasteiger partial charge is 0.103 e. The number of nitrogens with zero attached hydrogens (tertiary/aromatic N) is 3. The second-order valence-electron chi connectivity index (χ2n) is 4.17. The van der Waals surface area contributed by atoms with E-state index in [1.807, 2.05) is 19.9 Å². The van der Waals surface area contributed by atoms with Crippen molar-refractivity contribution in [3.8, 4) is 11.8 Å². The van der Waals surface area contributed by atoms with Crippen LogP contribution in [-0.4, -0.2) is 9.78 Å². The molecule has 0 spiro atoms. The highest BCUT2D eigenvalue weighted by molar-refractivity contribution is 6.32. The first-order valence-corrected chi connectivity index (χ1v) is 6.57. The van der Waals surface area contributed by atoms with Crippen LogP contribution in [0, 0.1) is 11.3 Å². The van der Waals surface area contributed by atoms with Gasteiger partial charge in [-0.05, 0) is 25.0 Å². The lowest BCUT2D eigenvalue weighted by molar-refractivity contribution is 0.792. The van der Waals surface area contributed by atoms with Gasteiger partial charge in [0.05, 0.1) is 33.3 Å². The maximum absolute atomic E-state index is 9.25. The first-order chi connectivity index (χ1) is 9.13. The predicted molar refractivity (Wildman–Crippen MR) is 76.5 cm³/mol. The van der Waals surface area contributed by atoms with Crippen molar-refractivity contribution in [3.05, 3.63) is 40.2 Å². The SMILES string of the molecule is CCc1nn(-c2cccc(Cl)c2C#N)c(CC)c1N. The van der Waals surface area contributed by atoms with Crippen molar-refractivity contribution < 1.29 is 0 Å². The monoisotopic (exact) mass is 274 g/mol. The molecule has 2 aromatic rings. The number of benzene rings is 1. The molecule has 0 fully saturated rings. The molecule has 98 valence electrons. The maximum Gasteiger partial charge on any atom is 0.103 e. The number of nitrogen functional groups attached to an aromatic ring is 1. The minimum atomic E-state index is 0.420. The summed E-state index contributed by atoms with van der Waals surface area (Å²) in [5.74, 6) is 0. The zero-order chi connectivity index (χ0) is 14.0. The highest BCUT2D eigenvalue weighted by Gasteiger charge is 2.17. The predicted octanol–water partition coefficient (Wildman–Crippen LogP) is 3.10. The third kappa shape index (κ3) is 2.18. The molecule has 0 bridgehead atoms. The Labute approximate surface area is 117 Å². The van der Waals surface area contributed by atoms with Crippen LogP contribution in [0.3, 0.4) is 0 Å². The molecule has 0 aliphatic rings. The second-order valence-corrected chi connectivity index (χ2v) is 4.58. The Hall–Kier alpha value is -1.99. The number of rotatable bonds is 3. The number of aromatic nitrogens is 2. The van der Waals surface area contributed by atoms with E-state index in [1.54, 1.807) is 16.8 Å². The van der Waals surface area contributed by atoms with Crippen LogP contribution in [-0.2, 0) is 12.8 Å². The van der Waals surface area contributed by atoms with Crippen molar-refractivity contribution >= 4 is 17.3 Å². The summed E-state index contributed by atoms with van der Waals surface area (Å²) in [5.41, 5.74) is 9.66. The molecule has 0 saturated carbocycles. The third-order valence-electron chi connectivity index (χ3n) is 3.10. The molecule has 2 N–H and O–H groups in total. The maximum atomic E-state index is 9.25. The summed E-state index contributed by atoms with van der Waals surface area (Å²) in [6, 6.07) is 7.46. The van der Waals surface area contributed by atoms with E-state index in [0.29, 0.717) is 22.0 Å². The summed E-state index contributed by atoms with van der Waals surface area (Å²) in [5, 5.41) is 14.2. The largest absolute Gasteiger partial charge is 0.396 e. The average Bonchev–Trinajstić information content (AvgIpc) is 2.74. The van der Waals surface area contributed by atoms with Crippen LogP contribution in [0.4, 0.5) is 5.69 Å². The van der Waals surface area contributed by atoms with Crippen molar-refractivity contribution in [3.63, 3.8) is 0 Å². The Kier molecular flexibility index (Phi) is 3.77. The van der Waals surface area contributed by atoms with E-state index < -0.39 is 0 Å². The number of nitrogens with two attached hydrogens (primary N) is 1. The van der Waals surface area contributed by atoms with E-state index >= 15 is 0 Å². The molecule has 0 atom stereocenters. The first kappa shape index (κ1) is 13.4. The van der Waals surface area contributed by atoms with Crippen LogP contribution >= 0.6 is 11.6 Å². The van der Waals surface area contributed by atoms with Gasteiger partial charge in [0.1, 0.15) is 6.07 Å². The molecule has 2 rings (SSSR count). The number of hydrogen-bond acceptors (Lipinski definition) is 3. The summed E-state index contributed by atoms with van der Waals surface area (Å²) in [6.07, 6.45) is 1.50. The molecule has 0 aliphatic carbocycles. The van der Waals surface area contributed by atoms with Crippen LogP contribution in [0.15, 0.2) is 18.2 Å². The summed E-state index contributed by atoms with van der Waals surface area (Å²) in [6.45, 7) is 4.02. The summed E-state index contributed by atoms with van der Waals surface area (Å²) in [4.78, 5) is 0. The van der Waals surface area contributed by atoms with Crippen molar-refractivity contribution in [1.29, 1.82) is 5.26 Å². The van der Waals surface area contributed by atoms with E-state index in [9.17, 15) is 5.26 Å². The quantitative estimate of drug-likeness (QED) is 0.935. The molecular weight excluding hydrogens is 260 g/mol. The van der Waals surface area contributed by atoms with Gasteiger partial charge in [0.2, 0.25) is 0 Å². The fraction of sp³-hybridized carbons (Fsp3) is 0.286. The van der Waals surface area contributed by atoms with Crippen molar-refractivity contribution in [1.82, 2.24) is 9.78 Å². The molecule has 1 aromatic heterocycles. The highest BCUT2D eigenvalue weighted by Crippen LogP contribution is 2.27. The Morgan fingerprint density at radius 3 is 2.68 bits per heavy atom. The Morgan fingerprint density at radius 2 is 2.11 bits per heavy atom. The fourth-order valence-corrected chi connectivity index (χ4v) is 2.33. The number of halogens is 1. The van der Waals surface area contributed by atoms with Gasteiger partial charge in [-0.1, -0.05) is 31.5 Å². The van der Waals surface area contributed by atoms with Crippen molar-refractivity contribution in [2.45, 2.75) is 26.7 Å². The normalized spacial score (nSPS) is 10.4. The molecule has 1 heterocycles. The number of nitriles is 1. The molecule has 0 saturated heterocycles. The average molecular weight is 275 g/mol. The van der Waals surface area contributed by atoms with Crippen molar-refractivity contribution in [2.75, 3.05) is 5.73 Å². The third-order valence-corrected chi connectivity index (χ3v) is 3.41. The molecule has 5 heteroatoms. The van der Waals surface area contributed by atoms with Crippen LogP contribution < -0.4 is 5.73 Å². The van der Waals surface area contributed by atoms with E-state index in [0.717, 1.165) is 24.2 Å². The number of anilines is 1. The zero-order valence-electron chi connectivity index (χ0n) is 10.9. The van der Waals surface area contributed by atoms with Crippen molar-refractivity contribution in [2.24, 2.45) is 0 Å². The lowest BCUT2D eigenvalue weighted by Crippen LogP contribution is -2.05. The fourth-order valence-electron chi connectivity index (χ4n) is 2.12. The highest BCUT2D eigenvalue weighted by atomic mass is 35.5.